The maximum absolute atomic E-state index is 11.6. The van der Waals surface area contributed by atoms with E-state index in [0.717, 1.165) is 31.4 Å². The van der Waals surface area contributed by atoms with E-state index >= 15 is 0 Å². The molecule has 2 unspecified atom stereocenters. The van der Waals surface area contributed by atoms with E-state index in [0.29, 0.717) is 12.1 Å². The molecule has 0 radical (unpaired) electrons. The highest BCUT2D eigenvalue weighted by atomic mass is 16.5. The summed E-state index contributed by atoms with van der Waals surface area (Å²) in [6, 6.07) is 0.263. The molecular weight excluding hydrogens is 246 g/mol. The van der Waals surface area contributed by atoms with Crippen molar-refractivity contribution in [1.29, 1.82) is 0 Å². The molecule has 0 saturated heterocycles. The second-order valence-electron chi connectivity index (χ2n) is 4.85. The minimum atomic E-state index is -0.415. The molecule has 0 bridgehead atoms. The molecule has 1 aliphatic carbocycles. The van der Waals surface area contributed by atoms with Crippen LogP contribution >= 0.6 is 0 Å². The fraction of sp³-hybridized carbons (Fsp3) is 0.769. The quantitative estimate of drug-likeness (QED) is 0.778. The Labute approximate surface area is 113 Å². The Balaban J connectivity index is 2.24. The van der Waals surface area contributed by atoms with E-state index in [2.05, 4.69) is 10.3 Å². The van der Waals surface area contributed by atoms with Crippen LogP contribution in [0.5, 0.6) is 0 Å². The first kappa shape index (κ1) is 14.0. The average molecular weight is 267 g/mol. The molecule has 2 atom stereocenters. The Hall–Kier alpha value is -1.43. The lowest BCUT2D eigenvalue weighted by Gasteiger charge is -2.28. The molecule has 1 aromatic heterocycles. The fourth-order valence-electron chi connectivity index (χ4n) is 2.75. The van der Waals surface area contributed by atoms with Crippen LogP contribution in [0.15, 0.2) is 0 Å². The van der Waals surface area contributed by atoms with Gasteiger partial charge in [-0.2, -0.15) is 0 Å². The Morgan fingerprint density at radius 3 is 2.84 bits per heavy atom. The first-order chi connectivity index (χ1) is 9.21. The van der Waals surface area contributed by atoms with Gasteiger partial charge in [-0.15, -0.1) is 5.10 Å². The zero-order chi connectivity index (χ0) is 13.8. The van der Waals surface area contributed by atoms with Gasteiger partial charge in [0.05, 0.1) is 24.9 Å². The van der Waals surface area contributed by atoms with Crippen LogP contribution in [0.4, 0.5) is 0 Å². The summed E-state index contributed by atoms with van der Waals surface area (Å²) in [6.07, 6.45) is 5.16. The monoisotopic (exact) mass is 267 g/mol. The first-order valence-corrected chi connectivity index (χ1v) is 6.76. The number of nitrogens with zero attached hydrogens (tertiary/aromatic N) is 3. The van der Waals surface area contributed by atoms with E-state index in [9.17, 15) is 4.79 Å². The number of methoxy groups -OCH3 is 2. The minimum absolute atomic E-state index is 0.263. The van der Waals surface area contributed by atoms with Gasteiger partial charge in [-0.25, -0.2) is 9.48 Å². The van der Waals surface area contributed by atoms with Gasteiger partial charge in [0.25, 0.3) is 0 Å². The zero-order valence-electron chi connectivity index (χ0n) is 11.8. The highest BCUT2D eigenvalue weighted by molar-refractivity contribution is 5.88. The summed E-state index contributed by atoms with van der Waals surface area (Å²) in [5.74, 6) is -0.415. The molecule has 1 aliphatic rings. The van der Waals surface area contributed by atoms with E-state index in [1.165, 1.54) is 7.11 Å². The molecule has 106 valence electrons. The van der Waals surface area contributed by atoms with E-state index in [4.69, 9.17) is 9.47 Å². The van der Waals surface area contributed by atoms with Gasteiger partial charge < -0.3 is 9.47 Å². The summed E-state index contributed by atoms with van der Waals surface area (Å²) in [5, 5.41) is 8.14. The maximum Gasteiger partial charge on any atom is 0.360 e. The molecule has 2 rings (SSSR count). The van der Waals surface area contributed by atoms with Gasteiger partial charge in [-0.1, -0.05) is 12.1 Å². The summed E-state index contributed by atoms with van der Waals surface area (Å²) < 4.78 is 12.1. The van der Waals surface area contributed by atoms with Gasteiger partial charge in [0.1, 0.15) is 0 Å². The van der Waals surface area contributed by atoms with Crippen molar-refractivity contribution in [2.24, 2.45) is 0 Å². The van der Waals surface area contributed by atoms with Gasteiger partial charge in [0, 0.05) is 7.11 Å². The maximum atomic E-state index is 11.6. The third-order valence-electron chi connectivity index (χ3n) is 3.78. The predicted molar refractivity (Wildman–Crippen MR) is 69.0 cm³/mol. The van der Waals surface area contributed by atoms with Crippen LogP contribution in [-0.2, 0) is 15.9 Å². The average Bonchev–Trinajstić information content (AvgIpc) is 2.90. The molecule has 6 heteroatoms. The summed E-state index contributed by atoms with van der Waals surface area (Å²) in [7, 11) is 3.11. The molecule has 1 saturated carbocycles. The minimum Gasteiger partial charge on any atom is -0.464 e. The number of aromatic nitrogens is 3. The van der Waals surface area contributed by atoms with Crippen LogP contribution in [0.25, 0.3) is 0 Å². The van der Waals surface area contributed by atoms with Crippen molar-refractivity contribution in [3.63, 3.8) is 0 Å². The van der Waals surface area contributed by atoms with Crippen molar-refractivity contribution in [1.82, 2.24) is 15.0 Å². The lowest BCUT2D eigenvalue weighted by molar-refractivity contribution is 0.0499. The molecule has 0 spiro atoms. The Morgan fingerprint density at radius 2 is 2.21 bits per heavy atom. The molecule has 0 amide bonds. The van der Waals surface area contributed by atoms with Crippen LogP contribution in [-0.4, -0.2) is 41.3 Å². The van der Waals surface area contributed by atoms with Crippen LogP contribution in [0.2, 0.25) is 0 Å². The molecular formula is C13H21N3O3. The lowest BCUT2D eigenvalue weighted by Crippen LogP contribution is -2.26. The van der Waals surface area contributed by atoms with E-state index in [1.54, 1.807) is 7.11 Å². The summed E-state index contributed by atoms with van der Waals surface area (Å²) in [6.45, 7) is 2.00. The third kappa shape index (κ3) is 2.78. The van der Waals surface area contributed by atoms with Gasteiger partial charge in [0.2, 0.25) is 0 Å². The van der Waals surface area contributed by atoms with Crippen molar-refractivity contribution in [3.8, 4) is 0 Å². The van der Waals surface area contributed by atoms with Gasteiger partial charge in [-0.05, 0) is 32.1 Å². The van der Waals surface area contributed by atoms with Gasteiger partial charge in [0.15, 0.2) is 5.69 Å². The number of rotatable bonds is 4. The number of carbonyl (C=O) groups is 1. The van der Waals surface area contributed by atoms with Crippen LogP contribution in [0.3, 0.4) is 0 Å². The van der Waals surface area contributed by atoms with E-state index in [1.807, 2.05) is 11.6 Å². The molecule has 0 aromatic carbocycles. The standard InChI is InChI=1S/C13H21N3O3/c1-4-11-12(13(17)19-3)14-15-16(11)9-6-5-7-10(8-9)18-2/h9-10H,4-8H2,1-3H3. The van der Waals surface area contributed by atoms with Crippen molar-refractivity contribution in [2.75, 3.05) is 14.2 Å². The Bertz CT molecular complexity index is 444. The number of hydrogen-bond donors (Lipinski definition) is 0. The van der Waals surface area contributed by atoms with Crippen molar-refractivity contribution in [3.05, 3.63) is 11.4 Å². The molecule has 0 N–H and O–H groups in total. The molecule has 6 nitrogen and oxygen atoms in total. The molecule has 1 heterocycles. The highest BCUT2D eigenvalue weighted by Gasteiger charge is 2.28. The fourth-order valence-corrected chi connectivity index (χ4v) is 2.75. The van der Waals surface area contributed by atoms with E-state index in [-0.39, 0.29) is 12.1 Å². The molecule has 19 heavy (non-hydrogen) atoms. The third-order valence-corrected chi connectivity index (χ3v) is 3.78. The van der Waals surface area contributed by atoms with Crippen molar-refractivity contribution in [2.45, 2.75) is 51.2 Å². The van der Waals surface area contributed by atoms with Crippen LogP contribution < -0.4 is 0 Å². The largest absolute Gasteiger partial charge is 0.464 e. The lowest BCUT2D eigenvalue weighted by atomic mass is 9.92. The van der Waals surface area contributed by atoms with Crippen molar-refractivity contribution < 1.29 is 14.3 Å². The van der Waals surface area contributed by atoms with Crippen molar-refractivity contribution >= 4 is 5.97 Å². The zero-order valence-corrected chi connectivity index (χ0v) is 11.8. The number of hydrogen-bond acceptors (Lipinski definition) is 5. The summed E-state index contributed by atoms with van der Waals surface area (Å²) in [4.78, 5) is 11.6. The van der Waals surface area contributed by atoms with Gasteiger partial charge >= 0.3 is 5.97 Å². The summed E-state index contributed by atoms with van der Waals surface area (Å²) >= 11 is 0. The smallest absolute Gasteiger partial charge is 0.360 e. The Morgan fingerprint density at radius 1 is 1.42 bits per heavy atom. The van der Waals surface area contributed by atoms with Gasteiger partial charge in [-0.3, -0.25) is 0 Å². The molecule has 1 fully saturated rings. The second kappa shape index (κ2) is 6.14. The van der Waals surface area contributed by atoms with E-state index < -0.39 is 5.97 Å². The number of esters is 1. The highest BCUT2D eigenvalue weighted by Crippen LogP contribution is 2.30. The topological polar surface area (TPSA) is 66.2 Å². The molecule has 1 aromatic rings. The normalized spacial score (nSPS) is 23.3. The summed E-state index contributed by atoms with van der Waals surface area (Å²) in [5.41, 5.74) is 1.19. The predicted octanol–water partition coefficient (Wildman–Crippen LogP) is 1.76. The van der Waals surface area contributed by atoms with Crippen LogP contribution in [0, 0.1) is 0 Å². The SMILES string of the molecule is CCc1c(C(=O)OC)nnn1C1CCCC(OC)C1. The first-order valence-electron chi connectivity index (χ1n) is 6.76. The Kier molecular flexibility index (Phi) is 4.52. The second-order valence-corrected chi connectivity index (χ2v) is 4.85. The number of ether oxygens (including phenoxy) is 2. The van der Waals surface area contributed by atoms with Crippen LogP contribution in [0.1, 0.15) is 54.8 Å². The molecule has 0 aliphatic heterocycles. The number of carbonyl (C=O) groups excluding carboxylic acids is 1.